The van der Waals surface area contributed by atoms with Crippen molar-refractivity contribution in [3.63, 3.8) is 0 Å². The summed E-state index contributed by atoms with van der Waals surface area (Å²) in [5, 5.41) is 7.57. The predicted octanol–water partition coefficient (Wildman–Crippen LogP) is 0.894. The van der Waals surface area contributed by atoms with E-state index in [4.69, 9.17) is 0 Å². The minimum Gasteiger partial charge on any atom is -0.156 e. The molecule has 0 fully saturated rings. The predicted molar refractivity (Wildman–Crippen MR) is 30.3 cm³/mol. The molecule has 0 bridgehead atoms. The van der Waals surface area contributed by atoms with Gasteiger partial charge in [-0.15, -0.1) is 0 Å². The van der Waals surface area contributed by atoms with Crippen LogP contribution in [0.3, 0.4) is 0 Å². The van der Waals surface area contributed by atoms with Crippen LogP contribution in [0.25, 0.3) is 0 Å². The van der Waals surface area contributed by atoms with Gasteiger partial charge in [0.2, 0.25) is 0 Å². The summed E-state index contributed by atoms with van der Waals surface area (Å²) in [4.78, 5) is 0. The van der Waals surface area contributed by atoms with Crippen LogP contribution >= 0.6 is 0 Å². The first kappa shape index (κ1) is 5.22. The van der Waals surface area contributed by atoms with Crippen molar-refractivity contribution in [2.24, 2.45) is 0 Å². The molecular weight excluding hydrogens is 100 g/mol. The van der Waals surface area contributed by atoms with Crippen LogP contribution in [0.2, 0.25) is 0 Å². The third-order valence-electron chi connectivity index (χ3n) is 0.848. The van der Waals surface area contributed by atoms with Gasteiger partial charge in [0, 0.05) is 6.07 Å². The topological polar surface area (TPSA) is 25.8 Å². The fourth-order valence-electron chi connectivity index (χ4n) is 0.420. The van der Waals surface area contributed by atoms with Crippen molar-refractivity contribution in [3.8, 4) is 0 Å². The van der Waals surface area contributed by atoms with Gasteiger partial charge in [0.1, 0.15) is 0 Å². The lowest BCUT2D eigenvalue weighted by molar-refractivity contribution is 0.938. The Morgan fingerprint density at radius 3 is 2.50 bits per heavy atom. The Bertz CT molecular complexity index is 145. The first-order valence-electron chi connectivity index (χ1n) is 2.47. The van der Waals surface area contributed by atoms with Crippen molar-refractivity contribution < 1.29 is 0 Å². The molecule has 0 spiro atoms. The second-order valence-corrected chi connectivity index (χ2v) is 1.72. The van der Waals surface area contributed by atoms with E-state index in [1.54, 1.807) is 0 Å². The monoisotopic (exact) mass is 107 g/mol. The molecule has 0 aliphatic heterocycles. The second-order valence-electron chi connectivity index (χ2n) is 1.72. The van der Waals surface area contributed by atoms with Gasteiger partial charge in [0.25, 0.3) is 0 Å². The van der Waals surface area contributed by atoms with E-state index >= 15 is 0 Å². The van der Waals surface area contributed by atoms with Gasteiger partial charge in [-0.25, -0.2) is 0 Å². The van der Waals surface area contributed by atoms with Crippen LogP contribution < -0.4 is 0 Å². The Kier molecular flexibility index (Phi) is 1.24. The fourth-order valence-corrected chi connectivity index (χ4v) is 0.420. The molecule has 0 aliphatic rings. The van der Waals surface area contributed by atoms with Gasteiger partial charge in [-0.1, -0.05) is 0 Å². The van der Waals surface area contributed by atoms with Gasteiger partial charge in [-0.05, 0) is 19.9 Å². The average molecular weight is 107 g/mol. The highest BCUT2D eigenvalue weighted by Gasteiger charge is 1.83. The van der Waals surface area contributed by atoms with E-state index in [0.717, 1.165) is 11.4 Å². The van der Waals surface area contributed by atoms with Crippen LogP contribution in [0.1, 0.15) is 11.4 Å². The molecule has 2 nitrogen and oxygen atoms in total. The molecule has 8 heavy (non-hydrogen) atoms. The minimum atomic E-state index is 0.843. The molecule has 1 radical (unpaired) electrons. The smallest absolute Gasteiger partial charge is 0.0679 e. The van der Waals surface area contributed by atoms with Gasteiger partial charge in [-0.2, -0.15) is 10.2 Å². The van der Waals surface area contributed by atoms with Crippen LogP contribution in [0, 0.1) is 19.9 Å². The first-order chi connectivity index (χ1) is 3.79. The Labute approximate surface area is 48.6 Å². The maximum atomic E-state index is 3.80. The summed E-state index contributed by atoms with van der Waals surface area (Å²) < 4.78 is 0. The summed E-state index contributed by atoms with van der Waals surface area (Å²) in [7, 11) is 0. The molecule has 2 heteroatoms. The minimum absolute atomic E-state index is 0.843. The SMILES string of the molecule is Cc1[c]cc(C)nn1. The van der Waals surface area contributed by atoms with Crippen molar-refractivity contribution in [3.05, 3.63) is 23.5 Å². The van der Waals surface area contributed by atoms with Crippen LogP contribution in [-0.4, -0.2) is 10.2 Å². The van der Waals surface area contributed by atoms with Gasteiger partial charge >= 0.3 is 0 Å². The van der Waals surface area contributed by atoms with E-state index < -0.39 is 0 Å². The van der Waals surface area contributed by atoms with E-state index in [1.807, 2.05) is 19.9 Å². The van der Waals surface area contributed by atoms with E-state index in [9.17, 15) is 0 Å². The Balaban J connectivity index is 3.03. The molecule has 0 aromatic carbocycles. The quantitative estimate of drug-likeness (QED) is 0.492. The summed E-state index contributed by atoms with van der Waals surface area (Å²) in [6.07, 6.45) is 0. The van der Waals surface area contributed by atoms with Crippen molar-refractivity contribution >= 4 is 0 Å². The third-order valence-corrected chi connectivity index (χ3v) is 0.848. The molecule has 0 unspecified atom stereocenters. The molecule has 0 aliphatic carbocycles. The largest absolute Gasteiger partial charge is 0.156 e. The third kappa shape index (κ3) is 1.03. The lowest BCUT2D eigenvalue weighted by Crippen LogP contribution is -1.86. The number of aromatic nitrogens is 2. The standard InChI is InChI=1S/C6H7N2/c1-5-3-4-6(2)8-7-5/h3H,1-2H3. The van der Waals surface area contributed by atoms with Crippen molar-refractivity contribution in [1.29, 1.82) is 0 Å². The van der Waals surface area contributed by atoms with E-state index in [-0.39, 0.29) is 0 Å². The molecule has 0 amide bonds. The molecule has 1 rings (SSSR count). The molecular formula is C6H7N2. The highest BCUT2D eigenvalue weighted by atomic mass is 15.1. The van der Waals surface area contributed by atoms with Gasteiger partial charge < -0.3 is 0 Å². The number of aryl methyl sites for hydroxylation is 2. The van der Waals surface area contributed by atoms with Crippen LogP contribution in [-0.2, 0) is 0 Å². The molecule has 0 atom stereocenters. The highest BCUT2D eigenvalue weighted by Crippen LogP contribution is 1.88. The zero-order valence-corrected chi connectivity index (χ0v) is 4.97. The van der Waals surface area contributed by atoms with Gasteiger partial charge in [-0.3, -0.25) is 0 Å². The number of hydrogen-bond donors (Lipinski definition) is 0. The molecule has 0 N–H and O–H groups in total. The summed E-state index contributed by atoms with van der Waals surface area (Å²) in [5.74, 6) is 0. The summed E-state index contributed by atoms with van der Waals surface area (Å²) in [6.45, 7) is 3.76. The first-order valence-corrected chi connectivity index (χ1v) is 2.47. The maximum absolute atomic E-state index is 3.80. The zero-order valence-electron chi connectivity index (χ0n) is 4.97. The average Bonchev–Trinajstić information content (AvgIpc) is 1.77. The second kappa shape index (κ2) is 1.90. The van der Waals surface area contributed by atoms with Crippen LogP contribution in [0.15, 0.2) is 6.07 Å². The molecule has 1 aromatic heterocycles. The van der Waals surface area contributed by atoms with Crippen molar-refractivity contribution in [2.45, 2.75) is 13.8 Å². The molecule has 1 heterocycles. The van der Waals surface area contributed by atoms with Gasteiger partial charge in [0.05, 0.1) is 11.4 Å². The number of nitrogens with zero attached hydrogens (tertiary/aromatic N) is 2. The number of rotatable bonds is 0. The molecule has 1 aromatic rings. The lowest BCUT2D eigenvalue weighted by Gasteiger charge is -1.86. The fraction of sp³-hybridized carbons (Fsp3) is 0.333. The molecule has 0 saturated carbocycles. The van der Waals surface area contributed by atoms with Crippen LogP contribution in [0.5, 0.6) is 0 Å². The van der Waals surface area contributed by atoms with Gasteiger partial charge in [0.15, 0.2) is 0 Å². The Hall–Kier alpha value is -0.920. The van der Waals surface area contributed by atoms with E-state index in [1.165, 1.54) is 0 Å². The summed E-state index contributed by atoms with van der Waals surface area (Å²) >= 11 is 0. The van der Waals surface area contributed by atoms with E-state index in [0.29, 0.717) is 0 Å². The zero-order chi connectivity index (χ0) is 5.98. The van der Waals surface area contributed by atoms with Crippen LogP contribution in [0.4, 0.5) is 0 Å². The summed E-state index contributed by atoms with van der Waals surface area (Å²) in [5.41, 5.74) is 1.76. The Morgan fingerprint density at radius 2 is 2.12 bits per heavy atom. The lowest BCUT2D eigenvalue weighted by atomic mass is 10.4. The molecule has 41 valence electrons. The van der Waals surface area contributed by atoms with E-state index in [2.05, 4.69) is 16.3 Å². The van der Waals surface area contributed by atoms with Crippen molar-refractivity contribution in [1.82, 2.24) is 10.2 Å². The maximum Gasteiger partial charge on any atom is 0.0679 e. The van der Waals surface area contributed by atoms with Crippen molar-refractivity contribution in [2.75, 3.05) is 0 Å². The Morgan fingerprint density at radius 1 is 1.38 bits per heavy atom. The number of hydrogen-bond acceptors (Lipinski definition) is 2. The normalized spacial score (nSPS) is 9.25. The summed E-state index contributed by atoms with van der Waals surface area (Å²) in [6, 6.07) is 4.75. The molecule has 0 saturated heterocycles. The highest BCUT2D eigenvalue weighted by molar-refractivity contribution is 5.00.